The first-order valence-electron chi connectivity index (χ1n) is 11.1. The quantitative estimate of drug-likeness (QED) is 0.296. The molecule has 0 amide bonds. The number of fused-ring (bicyclic) bond motifs is 1. The Morgan fingerprint density at radius 2 is 1.85 bits per heavy atom. The highest BCUT2D eigenvalue weighted by atomic mass is 35.5. The molecule has 1 aliphatic carbocycles. The molecule has 1 saturated carbocycles. The summed E-state index contributed by atoms with van der Waals surface area (Å²) in [6, 6.07) is 3.40. The van der Waals surface area contributed by atoms with Crippen LogP contribution in [0.15, 0.2) is 16.5 Å². The van der Waals surface area contributed by atoms with Gasteiger partial charge in [0.15, 0.2) is 5.58 Å². The number of pyridine rings is 1. The van der Waals surface area contributed by atoms with Crippen LogP contribution in [0.3, 0.4) is 0 Å². The van der Waals surface area contributed by atoms with Gasteiger partial charge in [0.05, 0.1) is 35.7 Å². The summed E-state index contributed by atoms with van der Waals surface area (Å²) in [6.07, 6.45) is -1.66. The summed E-state index contributed by atoms with van der Waals surface area (Å²) in [5.41, 5.74) is 3.73. The van der Waals surface area contributed by atoms with E-state index in [1.54, 1.807) is 7.11 Å². The maximum absolute atomic E-state index is 10.5. The smallest absolute Gasteiger partial charge is 0.224 e. The first-order chi connectivity index (χ1) is 15.8. The zero-order valence-corrected chi connectivity index (χ0v) is 20.5. The summed E-state index contributed by atoms with van der Waals surface area (Å²) in [5, 5.41) is 37.7. The van der Waals surface area contributed by atoms with Gasteiger partial charge in [-0.1, -0.05) is 0 Å². The maximum Gasteiger partial charge on any atom is 0.224 e. The summed E-state index contributed by atoms with van der Waals surface area (Å²) in [4.78, 5) is 13.7. The minimum atomic E-state index is -1.04. The fourth-order valence-electron chi connectivity index (χ4n) is 4.43. The molecule has 3 aromatic rings. The molecule has 0 bridgehead atoms. The van der Waals surface area contributed by atoms with Gasteiger partial charge in [-0.25, -0.2) is 4.98 Å². The van der Waals surface area contributed by atoms with Crippen LogP contribution in [0, 0.1) is 26.7 Å². The fraction of sp³-hybridized carbons (Fsp3) is 0.522. The molecule has 0 radical (unpaired) electrons. The van der Waals surface area contributed by atoms with Crippen molar-refractivity contribution in [2.75, 3.05) is 37.5 Å². The molecule has 1 fully saturated rings. The van der Waals surface area contributed by atoms with Crippen LogP contribution in [0.2, 0.25) is 0 Å². The Kier molecular flexibility index (Phi) is 8.32. The van der Waals surface area contributed by atoms with E-state index in [0.29, 0.717) is 53.9 Å². The molecule has 34 heavy (non-hydrogen) atoms. The number of aromatic nitrogens is 3. The Balaban J connectivity index is 0.00000324. The number of nitrogens with one attached hydrogen (secondary N) is 2. The van der Waals surface area contributed by atoms with E-state index >= 15 is 0 Å². The molecule has 10 nitrogen and oxygen atoms in total. The van der Waals surface area contributed by atoms with Crippen LogP contribution in [0.25, 0.3) is 22.3 Å². The molecule has 4 atom stereocenters. The number of ether oxygens (including phenoxy) is 1. The third kappa shape index (κ3) is 5.11. The summed E-state index contributed by atoms with van der Waals surface area (Å²) in [7, 11) is 1.62. The number of furan rings is 1. The van der Waals surface area contributed by atoms with E-state index in [1.165, 1.54) is 0 Å². The molecular formula is C23H32ClN5O5. The zero-order chi connectivity index (χ0) is 23.7. The van der Waals surface area contributed by atoms with Gasteiger partial charge in [-0.15, -0.1) is 12.4 Å². The highest BCUT2D eigenvalue weighted by molar-refractivity contribution is 5.87. The average molecular weight is 494 g/mol. The fourth-order valence-corrected chi connectivity index (χ4v) is 4.43. The monoisotopic (exact) mass is 493 g/mol. The SMILES string of the molecule is COCCNc1nc(C)c(-c2cc3cc(C)nc(C)c3o2)c(N[C@@H]2C[C@H](CO)[C@@H](O)[C@H]2O)n1.Cl. The lowest BCUT2D eigenvalue weighted by atomic mass is 10.1. The van der Waals surface area contributed by atoms with E-state index in [9.17, 15) is 15.3 Å². The number of aliphatic hydroxyl groups excluding tert-OH is 3. The summed E-state index contributed by atoms with van der Waals surface area (Å²) < 4.78 is 11.3. The average Bonchev–Trinajstić information content (AvgIpc) is 3.30. The molecule has 1 aliphatic rings. The van der Waals surface area contributed by atoms with E-state index in [2.05, 4.69) is 25.6 Å². The third-order valence-electron chi connectivity index (χ3n) is 6.08. The zero-order valence-electron chi connectivity index (χ0n) is 19.7. The first-order valence-corrected chi connectivity index (χ1v) is 11.1. The predicted octanol–water partition coefficient (Wildman–Crippen LogP) is 2.20. The van der Waals surface area contributed by atoms with Crippen molar-refractivity contribution in [1.82, 2.24) is 15.0 Å². The Hall–Kier alpha value is -2.50. The largest absolute Gasteiger partial charge is 0.454 e. The molecule has 3 heterocycles. The van der Waals surface area contributed by atoms with Gasteiger partial charge in [0, 0.05) is 37.3 Å². The topological polar surface area (TPSA) is 146 Å². The van der Waals surface area contributed by atoms with Crippen molar-refractivity contribution in [3.63, 3.8) is 0 Å². The molecule has 0 aliphatic heterocycles. The van der Waals surface area contributed by atoms with Crippen LogP contribution in [0.1, 0.15) is 23.5 Å². The first kappa shape index (κ1) is 26.1. The van der Waals surface area contributed by atoms with Crippen LogP contribution in [0.5, 0.6) is 0 Å². The van der Waals surface area contributed by atoms with E-state index in [0.717, 1.165) is 16.8 Å². The van der Waals surface area contributed by atoms with Crippen LogP contribution in [0.4, 0.5) is 11.8 Å². The highest BCUT2D eigenvalue weighted by Gasteiger charge is 2.41. The summed E-state index contributed by atoms with van der Waals surface area (Å²) >= 11 is 0. The van der Waals surface area contributed by atoms with Gasteiger partial charge in [0.1, 0.15) is 17.7 Å². The Labute approximate surface area is 204 Å². The van der Waals surface area contributed by atoms with Crippen LogP contribution in [-0.4, -0.2) is 75.4 Å². The standard InChI is InChI=1S/C23H31N5O5.ClH/c1-11-7-14-9-17(33-21(14)13(3)25-11)18-12(2)26-23(24-5-6-32-4)28-22(18)27-16-8-15(10-29)19(30)20(16)31;/h7,9,15-16,19-20,29-31H,5-6,8,10H2,1-4H3,(H2,24,26,27,28);1H/t15-,16-,19-,20+;/m1./s1. The molecule has 0 spiro atoms. The van der Waals surface area contributed by atoms with E-state index in [1.807, 2.05) is 32.9 Å². The molecule has 0 aromatic carbocycles. The van der Waals surface area contributed by atoms with Crippen molar-refractivity contribution in [3.05, 3.63) is 29.2 Å². The third-order valence-corrected chi connectivity index (χ3v) is 6.08. The number of anilines is 2. The summed E-state index contributed by atoms with van der Waals surface area (Å²) in [5.74, 6) is 1.05. The summed E-state index contributed by atoms with van der Waals surface area (Å²) in [6.45, 7) is 6.52. The van der Waals surface area contributed by atoms with Crippen molar-refractivity contribution < 1.29 is 24.5 Å². The lowest BCUT2D eigenvalue weighted by Crippen LogP contribution is -2.35. The number of rotatable bonds is 8. The van der Waals surface area contributed by atoms with Crippen molar-refractivity contribution >= 4 is 35.1 Å². The molecule has 0 unspecified atom stereocenters. The molecule has 186 valence electrons. The van der Waals surface area contributed by atoms with Crippen molar-refractivity contribution in [3.8, 4) is 11.3 Å². The number of aryl methyl sites for hydroxylation is 3. The second-order valence-corrected chi connectivity index (χ2v) is 8.56. The highest BCUT2D eigenvalue weighted by Crippen LogP contribution is 2.37. The normalized spacial score (nSPS) is 22.1. The van der Waals surface area contributed by atoms with Crippen LogP contribution < -0.4 is 10.6 Å². The van der Waals surface area contributed by atoms with Crippen molar-refractivity contribution in [2.24, 2.45) is 5.92 Å². The molecule has 11 heteroatoms. The maximum atomic E-state index is 10.5. The second-order valence-electron chi connectivity index (χ2n) is 8.56. The van der Waals surface area contributed by atoms with E-state index in [4.69, 9.17) is 9.15 Å². The molecule has 3 aromatic heterocycles. The lowest BCUT2D eigenvalue weighted by molar-refractivity contribution is 0.00446. The van der Waals surface area contributed by atoms with Gasteiger partial charge in [-0.2, -0.15) is 4.98 Å². The van der Waals surface area contributed by atoms with Gasteiger partial charge in [-0.05, 0) is 39.3 Å². The van der Waals surface area contributed by atoms with Gasteiger partial charge in [0.25, 0.3) is 0 Å². The number of hydrogen-bond acceptors (Lipinski definition) is 10. The van der Waals surface area contributed by atoms with Gasteiger partial charge >= 0.3 is 0 Å². The Morgan fingerprint density at radius 3 is 2.53 bits per heavy atom. The number of methoxy groups -OCH3 is 1. The van der Waals surface area contributed by atoms with Crippen molar-refractivity contribution in [2.45, 2.75) is 45.4 Å². The van der Waals surface area contributed by atoms with Gasteiger partial charge in [-0.3, -0.25) is 4.98 Å². The van der Waals surface area contributed by atoms with Gasteiger partial charge in [0.2, 0.25) is 5.95 Å². The van der Waals surface area contributed by atoms with Crippen LogP contribution >= 0.6 is 12.4 Å². The minimum Gasteiger partial charge on any atom is -0.454 e. The van der Waals surface area contributed by atoms with Crippen molar-refractivity contribution in [1.29, 1.82) is 0 Å². The molecule has 4 rings (SSSR count). The molecule has 0 saturated heterocycles. The number of halogens is 1. The predicted molar refractivity (Wildman–Crippen MR) is 131 cm³/mol. The lowest BCUT2D eigenvalue weighted by Gasteiger charge is -2.21. The number of aliphatic hydroxyl groups is 3. The second kappa shape index (κ2) is 10.8. The van der Waals surface area contributed by atoms with E-state index < -0.39 is 24.2 Å². The molecular weight excluding hydrogens is 462 g/mol. The molecule has 5 N–H and O–H groups in total. The van der Waals surface area contributed by atoms with Crippen LogP contribution in [-0.2, 0) is 4.74 Å². The van der Waals surface area contributed by atoms with Gasteiger partial charge < -0.3 is 35.1 Å². The minimum absolute atomic E-state index is 0. The Morgan fingerprint density at radius 1 is 1.09 bits per heavy atom. The Bertz CT molecular complexity index is 1140. The number of hydrogen-bond donors (Lipinski definition) is 5. The van der Waals surface area contributed by atoms with E-state index in [-0.39, 0.29) is 19.0 Å². The number of nitrogens with zero attached hydrogens (tertiary/aromatic N) is 3.